The van der Waals surface area contributed by atoms with Gasteiger partial charge >= 0.3 is 11.9 Å². The van der Waals surface area contributed by atoms with E-state index < -0.39 is 9.87 Å². The minimum absolute atomic E-state index is 0.386. The molecule has 4 nitrogen and oxygen atoms in total. The van der Waals surface area contributed by atoms with Crippen LogP contribution in [-0.2, 0) is 9.47 Å². The summed E-state index contributed by atoms with van der Waals surface area (Å²) in [5.74, 6) is -0.773. The van der Waals surface area contributed by atoms with Crippen LogP contribution in [0.3, 0.4) is 0 Å². The van der Waals surface area contributed by atoms with Crippen molar-refractivity contribution in [3.63, 3.8) is 0 Å². The van der Waals surface area contributed by atoms with Crippen molar-refractivity contribution in [2.75, 3.05) is 0 Å². The normalized spacial score (nSPS) is 11.7. The van der Waals surface area contributed by atoms with Gasteiger partial charge in [-0.05, 0) is 73.5 Å². The molecule has 0 N–H and O–H groups in total. The van der Waals surface area contributed by atoms with E-state index in [-0.39, 0.29) is 11.9 Å². The maximum atomic E-state index is 12.2. The first-order valence-electron chi connectivity index (χ1n) is 8.12. The molecule has 0 saturated heterocycles. The number of benzene rings is 2. The predicted molar refractivity (Wildman–Crippen MR) is 107 cm³/mol. The van der Waals surface area contributed by atoms with Gasteiger partial charge in [-0.3, -0.25) is 0 Å². The van der Waals surface area contributed by atoms with E-state index in [1.165, 1.54) is 21.6 Å². The summed E-state index contributed by atoms with van der Waals surface area (Å²) >= 11 is 0. The van der Waals surface area contributed by atoms with Crippen LogP contribution < -0.4 is 0 Å². The van der Waals surface area contributed by atoms with Crippen molar-refractivity contribution >= 4 is 33.5 Å². The van der Waals surface area contributed by atoms with Gasteiger partial charge in [0.15, 0.2) is 9.87 Å². The summed E-state index contributed by atoms with van der Waals surface area (Å²) < 4.78 is 11.1. The number of esters is 2. The summed E-state index contributed by atoms with van der Waals surface area (Å²) in [5.41, 5.74) is 1.00. The standard InChI is InChI=1S/C20H22O4S2/c1-19(2,23-17(21)15-11-7-5-8-12-15)25-26-20(3,4)24-18(22)16-13-9-6-10-14-16/h5-14H,1-4H3. The second kappa shape index (κ2) is 8.64. The second-order valence-corrected chi connectivity index (χ2v) is 9.78. The largest absolute Gasteiger partial charge is 0.444 e. The van der Waals surface area contributed by atoms with Crippen LogP contribution in [0.2, 0.25) is 0 Å². The van der Waals surface area contributed by atoms with E-state index in [4.69, 9.17) is 9.47 Å². The highest BCUT2D eigenvalue weighted by Crippen LogP contribution is 2.45. The lowest BCUT2D eigenvalue weighted by Gasteiger charge is -2.29. The van der Waals surface area contributed by atoms with Crippen LogP contribution >= 0.6 is 21.6 Å². The molecule has 0 aromatic heterocycles. The summed E-state index contributed by atoms with van der Waals surface area (Å²) in [6.45, 7) is 7.22. The van der Waals surface area contributed by atoms with E-state index in [2.05, 4.69) is 0 Å². The van der Waals surface area contributed by atoms with Gasteiger partial charge in [0.05, 0.1) is 11.1 Å². The quantitative estimate of drug-likeness (QED) is 0.351. The minimum atomic E-state index is -0.784. The fourth-order valence-electron chi connectivity index (χ4n) is 1.95. The first-order valence-corrected chi connectivity index (χ1v) is 10.3. The third-order valence-corrected chi connectivity index (χ3v) is 6.85. The Morgan fingerprint density at radius 2 is 0.962 bits per heavy atom. The van der Waals surface area contributed by atoms with Gasteiger partial charge in [-0.15, -0.1) is 0 Å². The molecule has 0 amide bonds. The summed E-state index contributed by atoms with van der Waals surface area (Å²) in [6, 6.07) is 17.7. The molecule has 26 heavy (non-hydrogen) atoms. The van der Waals surface area contributed by atoms with Crippen LogP contribution in [0.4, 0.5) is 0 Å². The molecular weight excluding hydrogens is 368 g/mol. The Morgan fingerprint density at radius 3 is 1.27 bits per heavy atom. The maximum absolute atomic E-state index is 12.2. The van der Waals surface area contributed by atoms with Gasteiger partial charge in [0, 0.05) is 0 Å². The molecule has 2 aromatic rings. The molecule has 0 heterocycles. The van der Waals surface area contributed by atoms with E-state index >= 15 is 0 Å². The highest BCUT2D eigenvalue weighted by molar-refractivity contribution is 8.77. The number of hydrogen-bond donors (Lipinski definition) is 0. The van der Waals surface area contributed by atoms with E-state index in [0.29, 0.717) is 11.1 Å². The Morgan fingerprint density at radius 1 is 0.654 bits per heavy atom. The Labute approximate surface area is 162 Å². The molecule has 138 valence electrons. The fraction of sp³-hybridized carbons (Fsp3) is 0.300. The summed E-state index contributed by atoms with van der Waals surface area (Å²) in [5, 5.41) is 0. The topological polar surface area (TPSA) is 52.6 Å². The van der Waals surface area contributed by atoms with Crippen LogP contribution in [0.5, 0.6) is 0 Å². The molecule has 2 rings (SSSR count). The molecule has 0 radical (unpaired) electrons. The van der Waals surface area contributed by atoms with Crippen molar-refractivity contribution in [1.29, 1.82) is 0 Å². The highest BCUT2D eigenvalue weighted by atomic mass is 33.1. The average molecular weight is 391 g/mol. The monoisotopic (exact) mass is 390 g/mol. The Bertz CT molecular complexity index is 677. The lowest BCUT2D eigenvalue weighted by atomic mass is 10.2. The van der Waals surface area contributed by atoms with Crippen LogP contribution in [0.15, 0.2) is 60.7 Å². The highest BCUT2D eigenvalue weighted by Gasteiger charge is 2.32. The molecule has 0 spiro atoms. The third kappa shape index (κ3) is 6.42. The summed E-state index contributed by atoms with van der Waals surface area (Å²) in [7, 11) is 2.68. The Balaban J connectivity index is 1.90. The van der Waals surface area contributed by atoms with Crippen molar-refractivity contribution in [3.05, 3.63) is 71.8 Å². The number of carbonyl (C=O) groups is 2. The van der Waals surface area contributed by atoms with Gasteiger partial charge < -0.3 is 9.47 Å². The van der Waals surface area contributed by atoms with Gasteiger partial charge in [-0.1, -0.05) is 36.4 Å². The SMILES string of the molecule is CC(C)(OC(=O)c1ccccc1)SSC(C)(C)OC(=O)c1ccccc1. The van der Waals surface area contributed by atoms with Gasteiger partial charge in [0.1, 0.15) is 0 Å². The zero-order valence-corrected chi connectivity index (χ0v) is 16.9. The zero-order chi connectivity index (χ0) is 19.2. The van der Waals surface area contributed by atoms with E-state index in [0.717, 1.165) is 0 Å². The van der Waals surface area contributed by atoms with Crippen molar-refractivity contribution < 1.29 is 19.1 Å². The molecule has 6 heteroatoms. The third-order valence-electron chi connectivity index (χ3n) is 3.14. The fourth-order valence-corrected chi connectivity index (χ4v) is 3.98. The minimum Gasteiger partial charge on any atom is -0.444 e. The lowest BCUT2D eigenvalue weighted by molar-refractivity contribution is 0.0278. The van der Waals surface area contributed by atoms with Crippen molar-refractivity contribution in [2.45, 2.75) is 37.6 Å². The molecule has 0 atom stereocenters. The van der Waals surface area contributed by atoms with Gasteiger partial charge in [0.25, 0.3) is 0 Å². The molecular formula is C20H22O4S2. The summed E-state index contributed by atoms with van der Waals surface area (Å²) in [6.07, 6.45) is 0. The molecule has 0 unspecified atom stereocenters. The van der Waals surface area contributed by atoms with E-state index in [1.807, 2.05) is 12.1 Å². The van der Waals surface area contributed by atoms with Crippen LogP contribution in [0.1, 0.15) is 48.4 Å². The molecule has 0 aliphatic carbocycles. The number of carbonyl (C=O) groups excluding carboxylic acids is 2. The molecule has 0 fully saturated rings. The lowest BCUT2D eigenvalue weighted by Crippen LogP contribution is -2.27. The number of rotatable bonds is 7. The van der Waals surface area contributed by atoms with E-state index in [1.54, 1.807) is 76.2 Å². The first-order chi connectivity index (χ1) is 12.2. The van der Waals surface area contributed by atoms with Crippen molar-refractivity contribution in [2.24, 2.45) is 0 Å². The average Bonchev–Trinajstić information content (AvgIpc) is 2.61. The molecule has 2 aromatic carbocycles. The van der Waals surface area contributed by atoms with Gasteiger partial charge in [0.2, 0.25) is 0 Å². The molecule has 0 aliphatic rings. The van der Waals surface area contributed by atoms with Gasteiger partial charge in [-0.25, -0.2) is 9.59 Å². The van der Waals surface area contributed by atoms with Crippen LogP contribution in [-0.4, -0.2) is 21.8 Å². The Kier molecular flexibility index (Phi) is 6.78. The smallest absolute Gasteiger partial charge is 0.339 e. The van der Waals surface area contributed by atoms with Crippen LogP contribution in [0, 0.1) is 0 Å². The van der Waals surface area contributed by atoms with Crippen LogP contribution in [0.25, 0.3) is 0 Å². The van der Waals surface area contributed by atoms with E-state index in [9.17, 15) is 9.59 Å². The van der Waals surface area contributed by atoms with Crippen molar-refractivity contribution in [3.8, 4) is 0 Å². The number of ether oxygens (including phenoxy) is 2. The predicted octanol–water partition coefficient (Wildman–Crippen LogP) is 5.55. The summed E-state index contributed by atoms with van der Waals surface area (Å²) in [4.78, 5) is 22.9. The molecule has 0 saturated carbocycles. The zero-order valence-electron chi connectivity index (χ0n) is 15.2. The molecule has 0 aliphatic heterocycles. The van der Waals surface area contributed by atoms with Gasteiger partial charge in [-0.2, -0.15) is 0 Å². The first kappa shape index (κ1) is 20.4. The molecule has 0 bridgehead atoms. The maximum Gasteiger partial charge on any atom is 0.339 e. The Hall–Kier alpha value is -1.92. The number of hydrogen-bond acceptors (Lipinski definition) is 6. The van der Waals surface area contributed by atoms with Crippen molar-refractivity contribution in [1.82, 2.24) is 0 Å². The second-order valence-electron chi connectivity index (χ2n) is 6.48.